The Balaban J connectivity index is 1.91. The van der Waals surface area contributed by atoms with Gasteiger partial charge in [0.25, 0.3) is 0 Å². The minimum atomic E-state index is -3.64. The van der Waals surface area contributed by atoms with Crippen LogP contribution in [0.1, 0.15) is 28.3 Å². The van der Waals surface area contributed by atoms with E-state index in [1.165, 1.54) is 0 Å². The van der Waals surface area contributed by atoms with Gasteiger partial charge < -0.3 is 4.74 Å². The minimum Gasteiger partial charge on any atom is -0.379 e. The molecule has 6 heteroatoms. The molecule has 1 aliphatic heterocycles. The number of nitrogens with one attached hydrogen (secondary N) is 1. The molecule has 1 atom stereocenters. The van der Waals surface area contributed by atoms with Crippen LogP contribution in [0.5, 0.6) is 0 Å². The number of benzene rings is 2. The predicted molar refractivity (Wildman–Crippen MR) is 107 cm³/mol. The molecule has 1 N–H and O–H groups in total. The van der Waals surface area contributed by atoms with Crippen LogP contribution in [0.25, 0.3) is 0 Å². The SMILES string of the molecule is Cc1cc(C)c(S(=O)(=O)N[C@@H](CN2CCOCC2)c2ccccc2)c(C)c1. The van der Waals surface area contributed by atoms with Crippen LogP contribution in [0.4, 0.5) is 0 Å². The van der Waals surface area contributed by atoms with Gasteiger partial charge in [-0.3, -0.25) is 4.90 Å². The van der Waals surface area contributed by atoms with Crippen LogP contribution in [-0.2, 0) is 14.8 Å². The fourth-order valence-electron chi connectivity index (χ4n) is 3.77. The molecule has 0 unspecified atom stereocenters. The van der Waals surface area contributed by atoms with E-state index >= 15 is 0 Å². The Labute approximate surface area is 162 Å². The van der Waals surface area contributed by atoms with Gasteiger partial charge in [0.1, 0.15) is 0 Å². The van der Waals surface area contributed by atoms with Gasteiger partial charge in [-0.05, 0) is 37.5 Å². The van der Waals surface area contributed by atoms with Gasteiger partial charge in [-0.15, -0.1) is 0 Å². The summed E-state index contributed by atoms with van der Waals surface area (Å²) >= 11 is 0. The molecule has 146 valence electrons. The van der Waals surface area contributed by atoms with E-state index < -0.39 is 10.0 Å². The second kappa shape index (κ2) is 8.52. The van der Waals surface area contributed by atoms with Gasteiger partial charge in [-0.2, -0.15) is 0 Å². The molecule has 0 amide bonds. The van der Waals surface area contributed by atoms with E-state index in [1.807, 2.05) is 63.2 Å². The maximum atomic E-state index is 13.3. The van der Waals surface area contributed by atoms with Crippen LogP contribution < -0.4 is 4.72 Å². The molecule has 27 heavy (non-hydrogen) atoms. The minimum absolute atomic E-state index is 0.311. The largest absolute Gasteiger partial charge is 0.379 e. The summed E-state index contributed by atoms with van der Waals surface area (Å²) in [6, 6.07) is 13.3. The highest BCUT2D eigenvalue weighted by atomic mass is 32.2. The van der Waals surface area contributed by atoms with E-state index in [0.29, 0.717) is 24.7 Å². The highest BCUT2D eigenvalue weighted by Gasteiger charge is 2.26. The molecule has 0 spiro atoms. The lowest BCUT2D eigenvalue weighted by Gasteiger charge is -2.31. The Morgan fingerprint density at radius 1 is 1.04 bits per heavy atom. The van der Waals surface area contributed by atoms with Crippen molar-refractivity contribution in [3.8, 4) is 0 Å². The fraction of sp³-hybridized carbons (Fsp3) is 0.429. The maximum Gasteiger partial charge on any atom is 0.241 e. The number of aryl methyl sites for hydroxylation is 3. The third kappa shape index (κ3) is 4.96. The summed E-state index contributed by atoms with van der Waals surface area (Å²) < 4.78 is 34.9. The zero-order valence-corrected chi connectivity index (χ0v) is 17.1. The van der Waals surface area contributed by atoms with E-state index in [1.54, 1.807) is 0 Å². The van der Waals surface area contributed by atoms with Gasteiger partial charge in [0.15, 0.2) is 0 Å². The molecule has 0 bridgehead atoms. The third-order valence-corrected chi connectivity index (χ3v) is 6.69. The van der Waals surface area contributed by atoms with Crippen LogP contribution in [0.3, 0.4) is 0 Å². The zero-order chi connectivity index (χ0) is 19.4. The van der Waals surface area contributed by atoms with Crippen molar-refractivity contribution in [2.24, 2.45) is 0 Å². The highest BCUT2D eigenvalue weighted by Crippen LogP contribution is 2.25. The Kier molecular flexibility index (Phi) is 6.32. The second-order valence-electron chi connectivity index (χ2n) is 7.23. The lowest BCUT2D eigenvalue weighted by atomic mass is 10.1. The Bertz CT molecular complexity index is 853. The molecule has 0 aromatic heterocycles. The van der Waals surface area contributed by atoms with Crippen molar-refractivity contribution in [2.45, 2.75) is 31.7 Å². The van der Waals surface area contributed by atoms with Crippen molar-refractivity contribution < 1.29 is 13.2 Å². The molecule has 2 aromatic rings. The van der Waals surface area contributed by atoms with Gasteiger partial charge in [0.2, 0.25) is 10.0 Å². The first-order valence-electron chi connectivity index (χ1n) is 9.32. The number of rotatable bonds is 6. The molecule has 3 rings (SSSR count). The molecule has 1 aliphatic rings. The molecule has 0 saturated carbocycles. The summed E-state index contributed by atoms with van der Waals surface area (Å²) in [6.45, 7) is 9.31. The summed E-state index contributed by atoms with van der Waals surface area (Å²) in [5.74, 6) is 0. The van der Waals surface area contributed by atoms with Crippen molar-refractivity contribution >= 4 is 10.0 Å². The molecule has 1 fully saturated rings. The summed E-state index contributed by atoms with van der Waals surface area (Å²) in [6.07, 6.45) is 0. The second-order valence-corrected chi connectivity index (χ2v) is 8.88. The van der Waals surface area contributed by atoms with Crippen molar-refractivity contribution in [1.29, 1.82) is 0 Å². The molecular weight excluding hydrogens is 360 g/mol. The van der Waals surface area contributed by atoms with Crippen LogP contribution in [0.15, 0.2) is 47.4 Å². The molecule has 1 saturated heterocycles. The lowest BCUT2D eigenvalue weighted by molar-refractivity contribution is 0.0345. The number of hydrogen-bond donors (Lipinski definition) is 1. The summed E-state index contributed by atoms with van der Waals surface area (Å²) in [4.78, 5) is 2.63. The van der Waals surface area contributed by atoms with E-state index in [4.69, 9.17) is 4.74 Å². The van der Waals surface area contributed by atoms with Gasteiger partial charge in [0.05, 0.1) is 24.2 Å². The molecular formula is C21H28N2O3S. The lowest BCUT2D eigenvalue weighted by Crippen LogP contribution is -2.43. The molecule has 0 radical (unpaired) electrons. The Hall–Kier alpha value is -1.73. The first-order valence-corrected chi connectivity index (χ1v) is 10.8. The number of morpholine rings is 1. The monoisotopic (exact) mass is 388 g/mol. The first-order chi connectivity index (χ1) is 12.9. The molecule has 0 aliphatic carbocycles. The number of sulfonamides is 1. The number of hydrogen-bond acceptors (Lipinski definition) is 4. The van der Waals surface area contributed by atoms with Gasteiger partial charge >= 0.3 is 0 Å². The normalized spacial score (nSPS) is 17.0. The highest BCUT2D eigenvalue weighted by molar-refractivity contribution is 7.89. The van der Waals surface area contributed by atoms with E-state index in [0.717, 1.165) is 35.3 Å². The molecule has 1 heterocycles. The van der Waals surface area contributed by atoms with Crippen LogP contribution in [0.2, 0.25) is 0 Å². The summed E-state index contributed by atoms with van der Waals surface area (Å²) in [7, 11) is -3.64. The van der Waals surface area contributed by atoms with E-state index in [2.05, 4.69) is 9.62 Å². The average Bonchev–Trinajstić information content (AvgIpc) is 2.61. The van der Waals surface area contributed by atoms with Crippen molar-refractivity contribution in [1.82, 2.24) is 9.62 Å². The van der Waals surface area contributed by atoms with E-state index in [9.17, 15) is 8.42 Å². The fourth-order valence-corrected chi connectivity index (χ4v) is 5.44. The third-order valence-electron chi connectivity index (χ3n) is 4.92. The maximum absolute atomic E-state index is 13.3. The van der Waals surface area contributed by atoms with Crippen molar-refractivity contribution in [3.05, 3.63) is 64.7 Å². The smallest absolute Gasteiger partial charge is 0.241 e. The zero-order valence-electron chi connectivity index (χ0n) is 16.2. The van der Waals surface area contributed by atoms with Gasteiger partial charge in [-0.1, -0.05) is 48.0 Å². The Morgan fingerprint density at radius 3 is 2.22 bits per heavy atom. The van der Waals surface area contributed by atoms with Crippen LogP contribution in [-0.4, -0.2) is 46.2 Å². The topological polar surface area (TPSA) is 58.6 Å². The summed E-state index contributed by atoms with van der Waals surface area (Å²) in [5.41, 5.74) is 3.59. The van der Waals surface area contributed by atoms with Crippen molar-refractivity contribution in [3.63, 3.8) is 0 Å². The first kappa shape index (κ1) is 20.0. The van der Waals surface area contributed by atoms with Gasteiger partial charge in [0, 0.05) is 19.6 Å². The van der Waals surface area contributed by atoms with Crippen LogP contribution in [0, 0.1) is 20.8 Å². The predicted octanol–water partition coefficient (Wildman–Crippen LogP) is 2.96. The molecule has 5 nitrogen and oxygen atoms in total. The average molecular weight is 389 g/mol. The van der Waals surface area contributed by atoms with Gasteiger partial charge in [-0.25, -0.2) is 13.1 Å². The number of ether oxygens (including phenoxy) is 1. The number of nitrogens with zero attached hydrogens (tertiary/aromatic N) is 1. The molecule has 2 aromatic carbocycles. The van der Waals surface area contributed by atoms with Crippen LogP contribution >= 0.6 is 0 Å². The Morgan fingerprint density at radius 2 is 1.63 bits per heavy atom. The van der Waals surface area contributed by atoms with E-state index in [-0.39, 0.29) is 6.04 Å². The summed E-state index contributed by atoms with van der Waals surface area (Å²) in [5, 5.41) is 0. The quantitative estimate of drug-likeness (QED) is 0.827. The standard InChI is InChI=1S/C21H28N2O3S/c1-16-13-17(2)21(18(3)14-16)27(24,25)22-20(19-7-5-4-6-8-19)15-23-9-11-26-12-10-23/h4-8,13-14,20,22H,9-12,15H2,1-3H3/t20-/m0/s1. The van der Waals surface area contributed by atoms with Crippen molar-refractivity contribution in [2.75, 3.05) is 32.8 Å².